The van der Waals surface area contributed by atoms with Gasteiger partial charge in [0.05, 0.1) is 17.9 Å². The van der Waals surface area contributed by atoms with Gasteiger partial charge in [-0.05, 0) is 60.5 Å². The minimum atomic E-state index is -0.398. The summed E-state index contributed by atoms with van der Waals surface area (Å²) in [5, 5.41) is 0. The Kier molecular flexibility index (Phi) is 4.12. The average Bonchev–Trinajstić information content (AvgIpc) is 2.94. The maximum absolute atomic E-state index is 13.2. The summed E-state index contributed by atoms with van der Waals surface area (Å²) in [6.45, 7) is 2.47. The summed E-state index contributed by atoms with van der Waals surface area (Å²) < 4.78 is 20.2. The number of rotatable bonds is 4. The highest BCUT2D eigenvalue weighted by Crippen LogP contribution is 2.29. The van der Waals surface area contributed by atoms with Crippen molar-refractivity contribution in [1.82, 2.24) is 4.40 Å². The highest BCUT2D eigenvalue weighted by atomic mass is 19.1. The van der Waals surface area contributed by atoms with Crippen molar-refractivity contribution in [1.29, 1.82) is 0 Å². The molecule has 4 nitrogen and oxygen atoms in total. The zero-order valence-electron chi connectivity index (χ0n) is 12.8. The maximum atomic E-state index is 13.2. The number of halogens is 1. The Morgan fingerprint density at radius 3 is 2.61 bits per heavy atom. The van der Waals surface area contributed by atoms with Crippen molar-refractivity contribution in [3.63, 3.8) is 0 Å². The van der Waals surface area contributed by atoms with Crippen LogP contribution in [0.1, 0.15) is 22.8 Å². The second kappa shape index (κ2) is 6.22. The summed E-state index contributed by atoms with van der Waals surface area (Å²) in [5.74, 6) is -0.720. The largest absolute Gasteiger partial charge is 0.462 e. The number of carbonyl (C=O) groups excluding carboxylic acids is 1. The van der Waals surface area contributed by atoms with E-state index in [-0.39, 0.29) is 5.82 Å². The zero-order chi connectivity index (χ0) is 16.4. The lowest BCUT2D eigenvalue weighted by atomic mass is 10.1. The molecule has 23 heavy (non-hydrogen) atoms. The quantitative estimate of drug-likeness (QED) is 0.751. The molecule has 0 saturated carbocycles. The molecule has 0 aliphatic heterocycles. The minimum absolute atomic E-state index is 0.294. The molecule has 2 N–H and O–H groups in total. The molecule has 0 spiro atoms. The molecule has 0 amide bonds. The van der Waals surface area contributed by atoms with E-state index in [1.807, 2.05) is 22.7 Å². The average molecular weight is 312 g/mol. The summed E-state index contributed by atoms with van der Waals surface area (Å²) in [6.07, 6.45) is 1.86. The van der Waals surface area contributed by atoms with Crippen molar-refractivity contribution in [3.05, 3.63) is 65.6 Å². The van der Waals surface area contributed by atoms with E-state index in [1.165, 1.54) is 12.1 Å². The third kappa shape index (κ3) is 2.83. The van der Waals surface area contributed by atoms with Crippen LogP contribution in [0.3, 0.4) is 0 Å². The molecule has 0 radical (unpaired) electrons. The number of ether oxygens (including phenoxy) is 1. The van der Waals surface area contributed by atoms with Crippen LogP contribution in [0.25, 0.3) is 16.8 Å². The number of aromatic nitrogens is 1. The minimum Gasteiger partial charge on any atom is -0.462 e. The Labute approximate surface area is 133 Å². The predicted octanol–water partition coefficient (Wildman–Crippen LogP) is 3.38. The first-order valence-electron chi connectivity index (χ1n) is 7.41. The number of nitrogens with two attached hydrogens (primary N) is 1. The van der Waals surface area contributed by atoms with Crippen LogP contribution in [0.2, 0.25) is 0 Å². The van der Waals surface area contributed by atoms with Gasteiger partial charge in [-0.15, -0.1) is 0 Å². The van der Waals surface area contributed by atoms with Gasteiger partial charge in [0.25, 0.3) is 0 Å². The highest BCUT2D eigenvalue weighted by Gasteiger charge is 2.19. The summed E-state index contributed by atoms with van der Waals surface area (Å²) >= 11 is 0. The lowest BCUT2D eigenvalue weighted by Gasteiger charge is -2.07. The Hall–Kier alpha value is -2.66. The van der Waals surface area contributed by atoms with Crippen LogP contribution in [-0.4, -0.2) is 17.0 Å². The molecule has 118 valence electrons. The van der Waals surface area contributed by atoms with Crippen LogP contribution in [0, 0.1) is 5.82 Å². The van der Waals surface area contributed by atoms with Crippen LogP contribution < -0.4 is 5.73 Å². The van der Waals surface area contributed by atoms with Gasteiger partial charge in [0.15, 0.2) is 0 Å². The van der Waals surface area contributed by atoms with E-state index in [2.05, 4.69) is 0 Å². The standard InChI is InChI=1S/C18H17FN2O2/c1-2-23-18(22)16-10-15-9-12(11-20)7-8-21(15)17(16)13-3-5-14(19)6-4-13/h3-10H,2,11,20H2,1H3. The second-order valence-corrected chi connectivity index (χ2v) is 5.17. The molecular weight excluding hydrogens is 295 g/mol. The first-order chi connectivity index (χ1) is 11.1. The molecular formula is C18H17FN2O2. The van der Waals surface area contributed by atoms with Crippen LogP contribution in [0.5, 0.6) is 0 Å². The molecule has 3 aromatic rings. The molecule has 0 atom stereocenters. The number of fused-ring (bicyclic) bond motifs is 1. The van der Waals surface area contributed by atoms with Crippen molar-refractivity contribution >= 4 is 11.5 Å². The van der Waals surface area contributed by atoms with Gasteiger partial charge in [0, 0.05) is 18.3 Å². The van der Waals surface area contributed by atoms with Gasteiger partial charge >= 0.3 is 5.97 Å². The monoisotopic (exact) mass is 312 g/mol. The number of hydrogen-bond donors (Lipinski definition) is 1. The molecule has 2 aromatic heterocycles. The molecule has 3 rings (SSSR count). The van der Waals surface area contributed by atoms with Crippen molar-refractivity contribution in [2.75, 3.05) is 6.61 Å². The van der Waals surface area contributed by atoms with E-state index in [4.69, 9.17) is 10.5 Å². The fourth-order valence-corrected chi connectivity index (χ4v) is 2.62. The lowest BCUT2D eigenvalue weighted by Crippen LogP contribution is -2.05. The van der Waals surface area contributed by atoms with Crippen LogP contribution in [0.15, 0.2) is 48.7 Å². The molecule has 5 heteroatoms. The summed E-state index contributed by atoms with van der Waals surface area (Å²) in [7, 11) is 0. The molecule has 1 aromatic carbocycles. The van der Waals surface area contributed by atoms with E-state index in [0.717, 1.165) is 16.6 Å². The van der Waals surface area contributed by atoms with Crippen molar-refractivity contribution in [2.24, 2.45) is 5.73 Å². The molecule has 0 fully saturated rings. The first-order valence-corrected chi connectivity index (χ1v) is 7.41. The fourth-order valence-electron chi connectivity index (χ4n) is 2.62. The van der Waals surface area contributed by atoms with Gasteiger partial charge in [-0.2, -0.15) is 0 Å². The van der Waals surface area contributed by atoms with Crippen LogP contribution in [-0.2, 0) is 11.3 Å². The van der Waals surface area contributed by atoms with Crippen molar-refractivity contribution in [2.45, 2.75) is 13.5 Å². The van der Waals surface area contributed by atoms with E-state index >= 15 is 0 Å². The molecule has 0 aliphatic rings. The topological polar surface area (TPSA) is 56.7 Å². The molecule has 2 heterocycles. The van der Waals surface area contributed by atoms with Gasteiger partial charge in [0.2, 0.25) is 0 Å². The van der Waals surface area contributed by atoms with Gasteiger partial charge in [-0.1, -0.05) is 0 Å². The molecule has 0 bridgehead atoms. The van der Waals surface area contributed by atoms with E-state index in [9.17, 15) is 9.18 Å². The number of nitrogens with zero attached hydrogens (tertiary/aromatic N) is 1. The first kappa shape index (κ1) is 15.2. The highest BCUT2D eigenvalue weighted by molar-refractivity contribution is 5.99. The van der Waals surface area contributed by atoms with Gasteiger partial charge < -0.3 is 14.9 Å². The van der Waals surface area contributed by atoms with Gasteiger partial charge in [-0.25, -0.2) is 9.18 Å². The van der Waals surface area contributed by atoms with E-state index in [1.54, 1.807) is 25.1 Å². The predicted molar refractivity (Wildman–Crippen MR) is 86.6 cm³/mol. The SMILES string of the molecule is CCOC(=O)c1cc2cc(CN)ccn2c1-c1ccc(F)cc1. The summed E-state index contributed by atoms with van der Waals surface area (Å²) in [5.41, 5.74) is 9.37. The summed E-state index contributed by atoms with van der Waals surface area (Å²) in [6, 6.07) is 11.6. The van der Waals surface area contributed by atoms with Gasteiger partial charge in [0.1, 0.15) is 5.82 Å². The number of carbonyl (C=O) groups is 1. The third-order valence-corrected chi connectivity index (χ3v) is 3.69. The Bertz CT molecular complexity index is 853. The zero-order valence-corrected chi connectivity index (χ0v) is 12.8. The van der Waals surface area contributed by atoms with E-state index < -0.39 is 5.97 Å². The molecule has 0 saturated heterocycles. The van der Waals surface area contributed by atoms with Crippen molar-refractivity contribution in [3.8, 4) is 11.3 Å². The lowest BCUT2D eigenvalue weighted by molar-refractivity contribution is 0.0527. The van der Waals surface area contributed by atoms with Crippen molar-refractivity contribution < 1.29 is 13.9 Å². The van der Waals surface area contributed by atoms with Crippen LogP contribution in [0.4, 0.5) is 4.39 Å². The maximum Gasteiger partial charge on any atom is 0.340 e. The van der Waals surface area contributed by atoms with Crippen LogP contribution >= 0.6 is 0 Å². The number of esters is 1. The Morgan fingerprint density at radius 1 is 1.22 bits per heavy atom. The second-order valence-electron chi connectivity index (χ2n) is 5.17. The third-order valence-electron chi connectivity index (χ3n) is 3.69. The van der Waals surface area contributed by atoms with Gasteiger partial charge in [-0.3, -0.25) is 0 Å². The normalized spacial score (nSPS) is 10.9. The number of pyridine rings is 1. The summed E-state index contributed by atoms with van der Waals surface area (Å²) in [4.78, 5) is 12.3. The number of hydrogen-bond acceptors (Lipinski definition) is 3. The molecule has 0 aliphatic carbocycles. The smallest absolute Gasteiger partial charge is 0.340 e. The molecule has 0 unspecified atom stereocenters. The Balaban J connectivity index is 2.24. The Morgan fingerprint density at radius 2 is 1.96 bits per heavy atom. The number of benzene rings is 1. The van der Waals surface area contributed by atoms with E-state index in [0.29, 0.717) is 24.4 Å². The fraction of sp³-hybridized carbons (Fsp3) is 0.167.